The zero-order valence-corrected chi connectivity index (χ0v) is 15.0. The van der Waals surface area contributed by atoms with Gasteiger partial charge in [-0.2, -0.15) is 5.10 Å². The van der Waals surface area contributed by atoms with E-state index in [1.54, 1.807) is 6.20 Å². The molecule has 2 saturated heterocycles. The second-order valence-electron chi connectivity index (χ2n) is 6.66. The number of nitrogens with one attached hydrogen (secondary N) is 1. The maximum Gasteiger partial charge on any atom is 0.257 e. The van der Waals surface area contributed by atoms with Crippen LogP contribution >= 0.6 is 0 Å². The number of hydrogen-bond acceptors (Lipinski definition) is 6. The number of pyridine rings is 1. The third kappa shape index (κ3) is 3.37. The maximum atomic E-state index is 13.1. The van der Waals surface area contributed by atoms with Crippen LogP contribution in [0.1, 0.15) is 16.1 Å². The average Bonchev–Trinajstić information content (AvgIpc) is 3.14. The maximum absolute atomic E-state index is 13.1. The number of morpholine rings is 1. The molecule has 8 heteroatoms. The molecule has 4 rings (SSSR count). The first-order chi connectivity index (χ1) is 12.7. The molecule has 0 aliphatic carbocycles. The molecule has 0 bridgehead atoms. The van der Waals surface area contributed by atoms with Gasteiger partial charge in [-0.25, -0.2) is 4.98 Å². The summed E-state index contributed by atoms with van der Waals surface area (Å²) in [5.74, 6) is 1.77. The van der Waals surface area contributed by atoms with Gasteiger partial charge in [0.15, 0.2) is 5.82 Å². The molecule has 0 atom stereocenters. The second kappa shape index (κ2) is 7.33. The molecule has 2 aliphatic rings. The Balaban J connectivity index is 1.45. The zero-order chi connectivity index (χ0) is 17.9. The standard InChI is InChI=1S/C18H24N6O2/c1-14-13-16(21-20-14)22-5-7-24(8-6-22)18(25)15-3-2-4-19-17(15)23-9-11-26-12-10-23/h2-4,13H,5-12H2,1H3,(H,20,21). The van der Waals surface area contributed by atoms with Crippen molar-refractivity contribution >= 4 is 17.5 Å². The van der Waals surface area contributed by atoms with Crippen LogP contribution in [0.4, 0.5) is 11.6 Å². The number of aromatic amines is 1. The Morgan fingerprint density at radius 2 is 1.88 bits per heavy atom. The van der Waals surface area contributed by atoms with Crippen molar-refractivity contribution < 1.29 is 9.53 Å². The number of aryl methyl sites for hydroxylation is 1. The van der Waals surface area contributed by atoms with Gasteiger partial charge in [-0.15, -0.1) is 0 Å². The predicted molar refractivity (Wildman–Crippen MR) is 98.7 cm³/mol. The lowest BCUT2D eigenvalue weighted by atomic mass is 10.2. The van der Waals surface area contributed by atoms with E-state index in [9.17, 15) is 4.79 Å². The quantitative estimate of drug-likeness (QED) is 0.881. The second-order valence-corrected chi connectivity index (χ2v) is 6.66. The summed E-state index contributed by atoms with van der Waals surface area (Å²) in [7, 11) is 0. The largest absolute Gasteiger partial charge is 0.378 e. The Labute approximate surface area is 152 Å². The van der Waals surface area contributed by atoms with E-state index in [1.807, 2.05) is 30.0 Å². The van der Waals surface area contributed by atoms with Crippen molar-refractivity contribution in [2.45, 2.75) is 6.92 Å². The number of anilines is 2. The summed E-state index contributed by atoms with van der Waals surface area (Å²) in [6.07, 6.45) is 1.75. The van der Waals surface area contributed by atoms with E-state index in [-0.39, 0.29) is 5.91 Å². The molecule has 1 N–H and O–H groups in total. The van der Waals surface area contributed by atoms with Crippen LogP contribution in [-0.4, -0.2) is 78.5 Å². The van der Waals surface area contributed by atoms with Crippen molar-refractivity contribution in [1.82, 2.24) is 20.1 Å². The number of H-pyrrole nitrogens is 1. The molecule has 2 aliphatic heterocycles. The van der Waals surface area contributed by atoms with Gasteiger partial charge in [0.2, 0.25) is 0 Å². The number of piperazine rings is 1. The van der Waals surface area contributed by atoms with Gasteiger partial charge in [0.1, 0.15) is 5.82 Å². The van der Waals surface area contributed by atoms with E-state index in [0.29, 0.717) is 31.9 Å². The minimum atomic E-state index is 0.0532. The highest BCUT2D eigenvalue weighted by Crippen LogP contribution is 2.22. The zero-order valence-electron chi connectivity index (χ0n) is 15.0. The van der Waals surface area contributed by atoms with Gasteiger partial charge < -0.3 is 19.4 Å². The molecule has 4 heterocycles. The van der Waals surface area contributed by atoms with Gasteiger partial charge >= 0.3 is 0 Å². The topological polar surface area (TPSA) is 77.6 Å². The molecular formula is C18H24N6O2. The van der Waals surface area contributed by atoms with E-state index in [4.69, 9.17) is 4.74 Å². The molecule has 0 radical (unpaired) electrons. The van der Waals surface area contributed by atoms with Crippen molar-refractivity contribution in [1.29, 1.82) is 0 Å². The summed E-state index contributed by atoms with van der Waals surface area (Å²) in [4.78, 5) is 23.8. The molecule has 2 aromatic rings. The van der Waals surface area contributed by atoms with Crippen molar-refractivity contribution in [2.75, 3.05) is 62.3 Å². The third-order valence-electron chi connectivity index (χ3n) is 4.91. The molecule has 8 nitrogen and oxygen atoms in total. The third-order valence-corrected chi connectivity index (χ3v) is 4.91. The van der Waals surface area contributed by atoms with Crippen LogP contribution in [0, 0.1) is 6.92 Å². The normalized spacial score (nSPS) is 18.3. The first-order valence-electron chi connectivity index (χ1n) is 9.06. The number of aromatic nitrogens is 3. The van der Waals surface area contributed by atoms with E-state index in [0.717, 1.165) is 43.5 Å². The number of rotatable bonds is 3. The fourth-order valence-electron chi connectivity index (χ4n) is 3.47. The van der Waals surface area contributed by atoms with Crippen LogP contribution in [0.2, 0.25) is 0 Å². The number of nitrogens with zero attached hydrogens (tertiary/aromatic N) is 5. The highest BCUT2D eigenvalue weighted by molar-refractivity contribution is 5.99. The Morgan fingerprint density at radius 1 is 1.12 bits per heavy atom. The summed E-state index contributed by atoms with van der Waals surface area (Å²) in [6, 6.07) is 5.75. The fraction of sp³-hybridized carbons (Fsp3) is 0.500. The van der Waals surface area contributed by atoms with Crippen molar-refractivity contribution in [2.24, 2.45) is 0 Å². The monoisotopic (exact) mass is 356 g/mol. The Kier molecular flexibility index (Phi) is 4.75. The molecule has 2 fully saturated rings. The lowest BCUT2D eigenvalue weighted by Gasteiger charge is -2.36. The van der Waals surface area contributed by atoms with E-state index >= 15 is 0 Å². The van der Waals surface area contributed by atoms with Gasteiger partial charge in [-0.3, -0.25) is 9.89 Å². The molecule has 26 heavy (non-hydrogen) atoms. The average molecular weight is 356 g/mol. The van der Waals surface area contributed by atoms with Gasteiger partial charge in [-0.1, -0.05) is 0 Å². The first kappa shape index (κ1) is 16.8. The summed E-state index contributed by atoms with van der Waals surface area (Å²) < 4.78 is 5.41. The Morgan fingerprint density at radius 3 is 2.58 bits per heavy atom. The fourth-order valence-corrected chi connectivity index (χ4v) is 3.47. The molecule has 0 spiro atoms. The minimum Gasteiger partial charge on any atom is -0.378 e. The highest BCUT2D eigenvalue weighted by atomic mass is 16.5. The number of hydrogen-bond donors (Lipinski definition) is 1. The predicted octanol–water partition coefficient (Wildman–Crippen LogP) is 0.912. The highest BCUT2D eigenvalue weighted by Gasteiger charge is 2.27. The number of carbonyl (C=O) groups is 1. The molecule has 2 aromatic heterocycles. The first-order valence-corrected chi connectivity index (χ1v) is 9.06. The van der Waals surface area contributed by atoms with Crippen LogP contribution < -0.4 is 9.80 Å². The molecule has 0 unspecified atom stereocenters. The minimum absolute atomic E-state index is 0.0532. The van der Waals surface area contributed by atoms with Crippen LogP contribution in [0.15, 0.2) is 24.4 Å². The number of amides is 1. The molecule has 138 valence electrons. The molecular weight excluding hydrogens is 332 g/mol. The van der Waals surface area contributed by atoms with Gasteiger partial charge in [0.05, 0.1) is 18.8 Å². The molecule has 1 amide bonds. The van der Waals surface area contributed by atoms with Gasteiger partial charge in [0, 0.05) is 57.2 Å². The van der Waals surface area contributed by atoms with E-state index in [1.165, 1.54) is 0 Å². The number of ether oxygens (including phenoxy) is 1. The van der Waals surface area contributed by atoms with Crippen LogP contribution in [0.25, 0.3) is 0 Å². The van der Waals surface area contributed by atoms with Crippen LogP contribution in [0.5, 0.6) is 0 Å². The van der Waals surface area contributed by atoms with E-state index in [2.05, 4.69) is 25.0 Å². The lowest BCUT2D eigenvalue weighted by molar-refractivity contribution is 0.0745. The van der Waals surface area contributed by atoms with Crippen molar-refractivity contribution in [3.8, 4) is 0 Å². The van der Waals surface area contributed by atoms with E-state index < -0.39 is 0 Å². The Hall–Kier alpha value is -2.61. The van der Waals surface area contributed by atoms with Crippen molar-refractivity contribution in [3.63, 3.8) is 0 Å². The summed E-state index contributed by atoms with van der Waals surface area (Å²) in [5.41, 5.74) is 1.72. The summed E-state index contributed by atoms with van der Waals surface area (Å²) in [5, 5.41) is 7.29. The number of carbonyl (C=O) groups excluding carboxylic acids is 1. The van der Waals surface area contributed by atoms with Gasteiger partial charge in [0.25, 0.3) is 5.91 Å². The summed E-state index contributed by atoms with van der Waals surface area (Å²) >= 11 is 0. The molecule has 0 aromatic carbocycles. The van der Waals surface area contributed by atoms with Crippen molar-refractivity contribution in [3.05, 3.63) is 35.7 Å². The SMILES string of the molecule is Cc1cc(N2CCN(C(=O)c3cccnc3N3CCOCC3)CC2)n[nH]1. The lowest BCUT2D eigenvalue weighted by Crippen LogP contribution is -2.49. The summed E-state index contributed by atoms with van der Waals surface area (Å²) in [6.45, 7) is 7.80. The smallest absolute Gasteiger partial charge is 0.257 e. The van der Waals surface area contributed by atoms with Gasteiger partial charge in [-0.05, 0) is 19.1 Å². The molecule has 0 saturated carbocycles. The Bertz CT molecular complexity index is 763. The van der Waals surface area contributed by atoms with Crippen LogP contribution in [0.3, 0.4) is 0 Å². The van der Waals surface area contributed by atoms with Crippen LogP contribution in [-0.2, 0) is 4.74 Å².